The van der Waals surface area contributed by atoms with Crippen molar-refractivity contribution in [3.63, 3.8) is 0 Å². The SMILES string of the molecule is Cc1cc2nc(C(O)c3ccccc3)n(CCCc3ccccc3)c2cc1C. The van der Waals surface area contributed by atoms with Crippen LogP contribution in [0.25, 0.3) is 11.0 Å². The molecule has 4 aromatic rings. The maximum Gasteiger partial charge on any atom is 0.143 e. The van der Waals surface area contributed by atoms with E-state index in [0.29, 0.717) is 0 Å². The third-order valence-electron chi connectivity index (χ3n) is 5.44. The summed E-state index contributed by atoms with van der Waals surface area (Å²) in [7, 11) is 0. The van der Waals surface area contributed by atoms with Gasteiger partial charge < -0.3 is 9.67 Å². The van der Waals surface area contributed by atoms with Crippen LogP contribution in [0, 0.1) is 13.8 Å². The Balaban J connectivity index is 1.70. The Kier molecular flexibility index (Phi) is 5.27. The van der Waals surface area contributed by atoms with Crippen molar-refractivity contribution < 1.29 is 5.11 Å². The summed E-state index contributed by atoms with van der Waals surface area (Å²) in [6, 6.07) is 24.6. The Hall–Kier alpha value is -2.91. The van der Waals surface area contributed by atoms with E-state index in [9.17, 15) is 5.11 Å². The molecule has 1 unspecified atom stereocenters. The molecule has 0 radical (unpaired) electrons. The summed E-state index contributed by atoms with van der Waals surface area (Å²) in [5, 5.41) is 11.0. The number of aryl methyl sites for hydroxylation is 4. The fourth-order valence-electron chi connectivity index (χ4n) is 3.71. The lowest BCUT2D eigenvalue weighted by Gasteiger charge is -2.15. The van der Waals surface area contributed by atoms with Gasteiger partial charge in [0.25, 0.3) is 0 Å². The highest BCUT2D eigenvalue weighted by atomic mass is 16.3. The second-order valence-electron chi connectivity index (χ2n) is 7.45. The molecule has 0 aliphatic heterocycles. The van der Waals surface area contributed by atoms with Gasteiger partial charge in [-0.05, 0) is 61.1 Å². The second-order valence-corrected chi connectivity index (χ2v) is 7.45. The van der Waals surface area contributed by atoms with Gasteiger partial charge in [0.05, 0.1) is 11.0 Å². The van der Waals surface area contributed by atoms with Crippen molar-refractivity contribution in [3.05, 3.63) is 101 Å². The van der Waals surface area contributed by atoms with Crippen LogP contribution in [-0.4, -0.2) is 14.7 Å². The molecule has 3 heteroatoms. The molecule has 0 bridgehead atoms. The Morgan fingerprint density at radius 3 is 2.25 bits per heavy atom. The van der Waals surface area contributed by atoms with Gasteiger partial charge in [-0.1, -0.05) is 60.7 Å². The van der Waals surface area contributed by atoms with Gasteiger partial charge in [-0.15, -0.1) is 0 Å². The van der Waals surface area contributed by atoms with E-state index in [1.807, 2.05) is 36.4 Å². The lowest BCUT2D eigenvalue weighted by Crippen LogP contribution is -2.11. The van der Waals surface area contributed by atoms with Gasteiger partial charge in [0, 0.05) is 6.54 Å². The second kappa shape index (κ2) is 7.99. The van der Waals surface area contributed by atoms with E-state index in [1.54, 1.807) is 0 Å². The minimum absolute atomic E-state index is 0.722. The van der Waals surface area contributed by atoms with E-state index in [1.165, 1.54) is 16.7 Å². The average Bonchev–Trinajstić information content (AvgIpc) is 3.06. The van der Waals surface area contributed by atoms with E-state index in [2.05, 4.69) is 54.8 Å². The predicted molar refractivity (Wildman–Crippen MR) is 114 cm³/mol. The van der Waals surface area contributed by atoms with Crippen molar-refractivity contribution in [3.8, 4) is 0 Å². The van der Waals surface area contributed by atoms with Crippen LogP contribution in [0.2, 0.25) is 0 Å². The van der Waals surface area contributed by atoms with Crippen molar-refractivity contribution in [1.82, 2.24) is 9.55 Å². The lowest BCUT2D eigenvalue weighted by molar-refractivity contribution is 0.205. The zero-order valence-corrected chi connectivity index (χ0v) is 16.5. The van der Waals surface area contributed by atoms with Gasteiger partial charge in [-0.25, -0.2) is 4.98 Å². The van der Waals surface area contributed by atoms with Crippen molar-refractivity contribution in [2.24, 2.45) is 0 Å². The lowest BCUT2D eigenvalue weighted by atomic mass is 10.1. The molecule has 28 heavy (non-hydrogen) atoms. The molecule has 3 nitrogen and oxygen atoms in total. The number of fused-ring (bicyclic) bond motifs is 1. The van der Waals surface area contributed by atoms with Gasteiger partial charge in [0.15, 0.2) is 0 Å². The molecule has 0 fully saturated rings. The van der Waals surface area contributed by atoms with Crippen LogP contribution in [0.1, 0.15) is 40.6 Å². The first-order valence-corrected chi connectivity index (χ1v) is 9.88. The molecule has 1 N–H and O–H groups in total. The first-order valence-electron chi connectivity index (χ1n) is 9.88. The largest absolute Gasteiger partial charge is 0.380 e. The summed E-state index contributed by atoms with van der Waals surface area (Å²) >= 11 is 0. The number of imidazole rings is 1. The molecule has 4 rings (SSSR count). The van der Waals surface area contributed by atoms with E-state index in [4.69, 9.17) is 4.98 Å². The van der Waals surface area contributed by atoms with Gasteiger partial charge in [0.1, 0.15) is 11.9 Å². The molecule has 3 aromatic carbocycles. The predicted octanol–water partition coefficient (Wildman–Crippen LogP) is 5.37. The van der Waals surface area contributed by atoms with Gasteiger partial charge >= 0.3 is 0 Å². The number of nitrogens with zero attached hydrogens (tertiary/aromatic N) is 2. The fraction of sp³-hybridized carbons (Fsp3) is 0.240. The summed E-state index contributed by atoms with van der Waals surface area (Å²) in [5.74, 6) is 0.722. The molecule has 142 valence electrons. The van der Waals surface area contributed by atoms with E-state index >= 15 is 0 Å². The van der Waals surface area contributed by atoms with Crippen LogP contribution in [0.3, 0.4) is 0 Å². The maximum absolute atomic E-state index is 11.0. The standard InChI is InChI=1S/C25H26N2O/c1-18-16-22-23(17-19(18)2)27(15-9-12-20-10-5-3-6-11-20)25(26-22)24(28)21-13-7-4-8-14-21/h3-8,10-11,13-14,16-17,24,28H,9,12,15H2,1-2H3. The number of hydrogen-bond donors (Lipinski definition) is 1. The first-order chi connectivity index (χ1) is 13.6. The van der Waals surface area contributed by atoms with E-state index in [-0.39, 0.29) is 0 Å². The van der Waals surface area contributed by atoms with Gasteiger partial charge in [0.2, 0.25) is 0 Å². The van der Waals surface area contributed by atoms with Crippen LogP contribution >= 0.6 is 0 Å². The molecule has 1 atom stereocenters. The fourth-order valence-corrected chi connectivity index (χ4v) is 3.71. The number of aliphatic hydroxyl groups is 1. The zero-order chi connectivity index (χ0) is 19.5. The molecule has 0 spiro atoms. The number of benzene rings is 3. The third kappa shape index (κ3) is 3.71. The maximum atomic E-state index is 11.0. The Labute approximate surface area is 166 Å². The van der Waals surface area contributed by atoms with Crippen molar-refractivity contribution in [2.75, 3.05) is 0 Å². The average molecular weight is 370 g/mol. The third-order valence-corrected chi connectivity index (χ3v) is 5.44. The van der Waals surface area contributed by atoms with Crippen LogP contribution in [0.5, 0.6) is 0 Å². The normalized spacial score (nSPS) is 12.4. The topological polar surface area (TPSA) is 38.1 Å². The smallest absolute Gasteiger partial charge is 0.143 e. The number of aliphatic hydroxyl groups excluding tert-OH is 1. The van der Waals surface area contributed by atoms with Crippen molar-refractivity contribution in [1.29, 1.82) is 0 Å². The molecular weight excluding hydrogens is 344 g/mol. The molecular formula is C25H26N2O. The Morgan fingerprint density at radius 2 is 1.54 bits per heavy atom. The van der Waals surface area contributed by atoms with Crippen molar-refractivity contribution >= 4 is 11.0 Å². The molecule has 0 saturated heterocycles. The van der Waals surface area contributed by atoms with Crippen LogP contribution < -0.4 is 0 Å². The molecule has 1 aromatic heterocycles. The summed E-state index contributed by atoms with van der Waals surface area (Å²) in [5.41, 5.74) is 6.73. The molecule has 1 heterocycles. The zero-order valence-electron chi connectivity index (χ0n) is 16.5. The van der Waals surface area contributed by atoms with Crippen LogP contribution in [0.4, 0.5) is 0 Å². The van der Waals surface area contributed by atoms with Crippen LogP contribution in [0.15, 0.2) is 72.8 Å². The molecule has 0 aliphatic rings. The summed E-state index contributed by atoms with van der Waals surface area (Å²) < 4.78 is 2.20. The highest BCUT2D eigenvalue weighted by Crippen LogP contribution is 2.28. The quantitative estimate of drug-likeness (QED) is 0.496. The van der Waals surface area contributed by atoms with Crippen molar-refractivity contribution in [2.45, 2.75) is 39.3 Å². The molecule has 0 saturated carbocycles. The van der Waals surface area contributed by atoms with E-state index in [0.717, 1.165) is 41.8 Å². The summed E-state index contributed by atoms with van der Waals surface area (Å²) in [6.45, 7) is 5.06. The Bertz CT molecular complexity index is 1070. The highest BCUT2D eigenvalue weighted by Gasteiger charge is 2.20. The highest BCUT2D eigenvalue weighted by molar-refractivity contribution is 5.78. The number of rotatable bonds is 6. The number of hydrogen-bond acceptors (Lipinski definition) is 2. The minimum atomic E-state index is -0.731. The Morgan fingerprint density at radius 1 is 0.893 bits per heavy atom. The minimum Gasteiger partial charge on any atom is -0.380 e. The summed E-state index contributed by atoms with van der Waals surface area (Å²) in [6.07, 6.45) is 1.27. The molecule has 0 amide bonds. The van der Waals surface area contributed by atoms with Gasteiger partial charge in [-0.3, -0.25) is 0 Å². The summed E-state index contributed by atoms with van der Waals surface area (Å²) in [4.78, 5) is 4.83. The van der Waals surface area contributed by atoms with Crippen LogP contribution in [-0.2, 0) is 13.0 Å². The van der Waals surface area contributed by atoms with Gasteiger partial charge in [-0.2, -0.15) is 0 Å². The monoisotopic (exact) mass is 370 g/mol. The first kappa shape index (κ1) is 18.5. The number of aromatic nitrogens is 2. The van der Waals surface area contributed by atoms with E-state index < -0.39 is 6.10 Å². The molecule has 0 aliphatic carbocycles.